The largest absolute Gasteiger partial charge is 0.313 e. The van der Waals surface area contributed by atoms with Crippen molar-refractivity contribution in [3.8, 4) is 0 Å². The highest BCUT2D eigenvalue weighted by atomic mass is 15.3. The topological polar surface area (TPSA) is 42.7 Å². The van der Waals surface area contributed by atoms with Crippen LogP contribution in [-0.4, -0.2) is 27.9 Å². The minimum Gasteiger partial charge on any atom is -0.313 e. The zero-order valence-electron chi connectivity index (χ0n) is 8.70. The predicted molar refractivity (Wildman–Crippen MR) is 55.9 cm³/mol. The molecule has 0 aliphatic carbocycles. The van der Waals surface area contributed by atoms with E-state index >= 15 is 0 Å². The van der Waals surface area contributed by atoms with Gasteiger partial charge in [0.05, 0.1) is 0 Å². The van der Waals surface area contributed by atoms with Gasteiger partial charge in [0, 0.05) is 12.6 Å². The number of hydrogen-bond acceptors (Lipinski definition) is 3. The molecular weight excluding hydrogens is 176 g/mol. The lowest BCUT2D eigenvalue weighted by atomic mass is 10.2. The molecule has 0 aromatic carbocycles. The van der Waals surface area contributed by atoms with Crippen LogP contribution in [0.3, 0.4) is 0 Å². The van der Waals surface area contributed by atoms with E-state index in [1.54, 1.807) is 6.33 Å². The maximum atomic E-state index is 4.25. The molecule has 0 bridgehead atoms. The number of nitrogens with zero attached hydrogens (tertiary/aromatic N) is 3. The van der Waals surface area contributed by atoms with Crippen LogP contribution in [0.2, 0.25) is 0 Å². The standard InChI is InChI=1S/C10H16N4/c1-8(2)14-10(12-7-13-14)5-9-3-4-11-6-9/h5,7-8,11H,3-4,6H2,1-2H3. The van der Waals surface area contributed by atoms with E-state index in [0.717, 1.165) is 25.3 Å². The van der Waals surface area contributed by atoms with Gasteiger partial charge in [-0.1, -0.05) is 5.57 Å². The van der Waals surface area contributed by atoms with Gasteiger partial charge in [-0.25, -0.2) is 9.67 Å². The van der Waals surface area contributed by atoms with Crippen LogP contribution < -0.4 is 5.32 Å². The van der Waals surface area contributed by atoms with Crippen LogP contribution >= 0.6 is 0 Å². The molecule has 2 rings (SSSR count). The Balaban J connectivity index is 2.23. The second kappa shape index (κ2) is 3.92. The summed E-state index contributed by atoms with van der Waals surface area (Å²) in [7, 11) is 0. The molecule has 1 aromatic heterocycles. The molecule has 0 saturated carbocycles. The number of hydrogen-bond donors (Lipinski definition) is 1. The van der Waals surface area contributed by atoms with E-state index in [9.17, 15) is 0 Å². The Morgan fingerprint density at radius 3 is 3.07 bits per heavy atom. The molecule has 0 unspecified atom stereocenters. The average molecular weight is 192 g/mol. The fourth-order valence-corrected chi connectivity index (χ4v) is 1.65. The third-order valence-electron chi connectivity index (χ3n) is 2.40. The number of nitrogens with one attached hydrogen (secondary N) is 1. The van der Waals surface area contributed by atoms with Gasteiger partial charge in [-0.2, -0.15) is 5.10 Å². The van der Waals surface area contributed by atoms with Crippen LogP contribution in [0.5, 0.6) is 0 Å². The van der Waals surface area contributed by atoms with E-state index in [1.807, 2.05) is 4.68 Å². The first kappa shape index (κ1) is 9.40. The summed E-state index contributed by atoms with van der Waals surface area (Å²) in [4.78, 5) is 4.25. The lowest BCUT2D eigenvalue weighted by molar-refractivity contribution is 0.526. The van der Waals surface area contributed by atoms with Gasteiger partial charge in [0.1, 0.15) is 6.33 Å². The highest BCUT2D eigenvalue weighted by Crippen LogP contribution is 2.13. The Morgan fingerprint density at radius 1 is 1.57 bits per heavy atom. The molecule has 4 nitrogen and oxygen atoms in total. The molecule has 14 heavy (non-hydrogen) atoms. The van der Waals surface area contributed by atoms with Crippen molar-refractivity contribution in [1.29, 1.82) is 0 Å². The van der Waals surface area contributed by atoms with Crippen LogP contribution in [0.25, 0.3) is 6.08 Å². The summed E-state index contributed by atoms with van der Waals surface area (Å²) in [5.41, 5.74) is 1.42. The van der Waals surface area contributed by atoms with E-state index in [1.165, 1.54) is 5.57 Å². The van der Waals surface area contributed by atoms with E-state index in [4.69, 9.17) is 0 Å². The van der Waals surface area contributed by atoms with Crippen molar-refractivity contribution in [3.63, 3.8) is 0 Å². The minimum absolute atomic E-state index is 0.374. The van der Waals surface area contributed by atoms with E-state index in [2.05, 4.69) is 35.3 Å². The minimum atomic E-state index is 0.374. The molecule has 1 aromatic rings. The third-order valence-corrected chi connectivity index (χ3v) is 2.40. The van der Waals surface area contributed by atoms with Gasteiger partial charge < -0.3 is 5.32 Å². The van der Waals surface area contributed by atoms with Crippen molar-refractivity contribution in [1.82, 2.24) is 20.1 Å². The Labute approximate surface area is 84.0 Å². The van der Waals surface area contributed by atoms with Crippen LogP contribution in [-0.2, 0) is 0 Å². The van der Waals surface area contributed by atoms with Crippen LogP contribution in [0.4, 0.5) is 0 Å². The maximum absolute atomic E-state index is 4.25. The van der Waals surface area contributed by atoms with Gasteiger partial charge in [-0.3, -0.25) is 0 Å². The summed E-state index contributed by atoms with van der Waals surface area (Å²) in [5, 5.41) is 7.51. The zero-order valence-corrected chi connectivity index (χ0v) is 8.70. The summed E-state index contributed by atoms with van der Waals surface area (Å²) in [6, 6.07) is 0.374. The first-order chi connectivity index (χ1) is 6.77. The SMILES string of the molecule is CC(C)n1ncnc1C=C1CCNC1. The van der Waals surface area contributed by atoms with Crippen molar-refractivity contribution in [2.45, 2.75) is 26.3 Å². The molecule has 1 aliphatic heterocycles. The molecule has 1 saturated heterocycles. The molecule has 0 atom stereocenters. The van der Waals surface area contributed by atoms with Gasteiger partial charge >= 0.3 is 0 Å². The molecule has 1 fully saturated rings. The van der Waals surface area contributed by atoms with Gasteiger partial charge in [0.2, 0.25) is 0 Å². The summed E-state index contributed by atoms with van der Waals surface area (Å²) in [6.45, 7) is 6.31. The predicted octanol–water partition coefficient (Wildman–Crippen LogP) is 1.24. The Bertz CT molecular complexity index is 330. The molecule has 76 valence electrons. The van der Waals surface area contributed by atoms with Crippen molar-refractivity contribution >= 4 is 6.08 Å². The van der Waals surface area contributed by atoms with Gasteiger partial charge in [0.25, 0.3) is 0 Å². The summed E-state index contributed by atoms with van der Waals surface area (Å²) in [5.74, 6) is 0.971. The number of rotatable bonds is 2. The second-order valence-corrected chi connectivity index (χ2v) is 3.89. The molecule has 2 heterocycles. The van der Waals surface area contributed by atoms with Crippen LogP contribution in [0.15, 0.2) is 11.9 Å². The van der Waals surface area contributed by atoms with E-state index in [0.29, 0.717) is 6.04 Å². The molecule has 1 aliphatic rings. The molecule has 0 spiro atoms. The van der Waals surface area contributed by atoms with Crippen LogP contribution in [0.1, 0.15) is 32.1 Å². The van der Waals surface area contributed by atoms with Crippen molar-refractivity contribution in [2.24, 2.45) is 0 Å². The van der Waals surface area contributed by atoms with Crippen LogP contribution in [0, 0.1) is 0 Å². The van der Waals surface area contributed by atoms with Crippen molar-refractivity contribution in [3.05, 3.63) is 17.7 Å². The molecule has 0 radical (unpaired) electrons. The second-order valence-electron chi connectivity index (χ2n) is 3.89. The van der Waals surface area contributed by atoms with E-state index < -0.39 is 0 Å². The van der Waals surface area contributed by atoms with Gasteiger partial charge in [-0.15, -0.1) is 0 Å². The third kappa shape index (κ3) is 1.85. The fourth-order valence-electron chi connectivity index (χ4n) is 1.65. The lowest BCUT2D eigenvalue weighted by Gasteiger charge is -2.06. The highest BCUT2D eigenvalue weighted by Gasteiger charge is 2.09. The number of aromatic nitrogens is 3. The molecule has 4 heteroatoms. The Kier molecular flexibility index (Phi) is 2.63. The highest BCUT2D eigenvalue weighted by molar-refractivity contribution is 5.46. The van der Waals surface area contributed by atoms with Gasteiger partial charge in [-0.05, 0) is 32.9 Å². The van der Waals surface area contributed by atoms with Crippen molar-refractivity contribution in [2.75, 3.05) is 13.1 Å². The Hall–Kier alpha value is -1.16. The van der Waals surface area contributed by atoms with Gasteiger partial charge in [0.15, 0.2) is 5.82 Å². The molecular formula is C10H16N4. The average Bonchev–Trinajstić information content (AvgIpc) is 2.75. The first-order valence-corrected chi connectivity index (χ1v) is 5.07. The summed E-state index contributed by atoms with van der Waals surface area (Å²) < 4.78 is 1.95. The Morgan fingerprint density at radius 2 is 2.43 bits per heavy atom. The normalized spacial score (nSPS) is 19.8. The van der Waals surface area contributed by atoms with E-state index in [-0.39, 0.29) is 0 Å². The smallest absolute Gasteiger partial charge is 0.150 e. The summed E-state index contributed by atoms with van der Waals surface area (Å²) >= 11 is 0. The quantitative estimate of drug-likeness (QED) is 0.766. The summed E-state index contributed by atoms with van der Waals surface area (Å²) in [6.07, 6.45) is 4.90. The first-order valence-electron chi connectivity index (χ1n) is 5.07. The monoisotopic (exact) mass is 192 g/mol. The molecule has 0 amide bonds. The fraction of sp³-hybridized carbons (Fsp3) is 0.600. The van der Waals surface area contributed by atoms with Crippen molar-refractivity contribution < 1.29 is 0 Å². The lowest BCUT2D eigenvalue weighted by Crippen LogP contribution is -2.06. The molecule has 1 N–H and O–H groups in total. The maximum Gasteiger partial charge on any atom is 0.150 e. The zero-order chi connectivity index (χ0) is 9.97.